The van der Waals surface area contributed by atoms with Crippen molar-refractivity contribution in [3.05, 3.63) is 176 Å². The predicted octanol–water partition coefficient (Wildman–Crippen LogP) is 12.7. The van der Waals surface area contributed by atoms with Gasteiger partial charge in [-0.3, -0.25) is 0 Å². The number of hydrogen-bond donors (Lipinski definition) is 0. The Balaban J connectivity index is 1.19. The van der Waals surface area contributed by atoms with Crippen LogP contribution in [0, 0.1) is 0 Å². The average molecular weight is 648 g/mol. The Hall–Kier alpha value is -6.84. The summed E-state index contributed by atoms with van der Waals surface area (Å²) in [5.41, 5.74) is 13.5. The van der Waals surface area contributed by atoms with Crippen molar-refractivity contribution in [3.8, 4) is 22.5 Å². The van der Waals surface area contributed by atoms with E-state index in [4.69, 9.17) is 0 Å². The maximum atomic E-state index is 2.51. The second kappa shape index (κ2) is 9.87. The first-order chi connectivity index (χ1) is 25.3. The Morgan fingerprint density at radius 3 is 1.53 bits per heavy atom. The minimum atomic E-state index is 1.17. The lowest BCUT2D eigenvalue weighted by Crippen LogP contribution is -1.94. The quantitative estimate of drug-likeness (QED) is 0.181. The van der Waals surface area contributed by atoms with Crippen LogP contribution >= 0.6 is 0 Å². The average Bonchev–Trinajstić information content (AvgIpc) is 3.92. The molecule has 12 rings (SSSR count). The van der Waals surface area contributed by atoms with Gasteiger partial charge in [-0.1, -0.05) is 109 Å². The highest BCUT2D eigenvalue weighted by molar-refractivity contribution is 6.34. The largest absolute Gasteiger partial charge is 0.309 e. The van der Waals surface area contributed by atoms with Crippen molar-refractivity contribution in [2.45, 2.75) is 0 Å². The Labute approximate surface area is 292 Å². The van der Waals surface area contributed by atoms with Gasteiger partial charge in [-0.2, -0.15) is 0 Å². The topological polar surface area (TPSA) is 14.3 Å². The standard InChI is InChI=1S/C48H29N3/c1-3-13-32(14-4-1)49-41-20-10-7-17-34(41)38-27-30(24-26-44(38)49)31-23-25-36-40-29-39-35-18-8-11-21-42(35)51-43-22-12-9-19-37(43)46(48(39)51)47(40)50(45(36)28-31)33-15-5-2-6-16-33/h1-29H. The molecule has 0 unspecified atom stereocenters. The minimum Gasteiger partial charge on any atom is -0.309 e. The first-order valence-corrected chi connectivity index (χ1v) is 17.6. The lowest BCUT2D eigenvalue weighted by Gasteiger charge is -2.10. The first-order valence-electron chi connectivity index (χ1n) is 17.6. The smallest absolute Gasteiger partial charge is 0.0642 e. The van der Waals surface area contributed by atoms with Gasteiger partial charge in [0, 0.05) is 54.5 Å². The van der Waals surface area contributed by atoms with E-state index < -0.39 is 0 Å². The molecule has 3 heteroatoms. The maximum Gasteiger partial charge on any atom is 0.0642 e. The Morgan fingerprint density at radius 2 is 0.784 bits per heavy atom. The summed E-state index contributed by atoms with van der Waals surface area (Å²) < 4.78 is 7.37. The molecule has 0 saturated heterocycles. The Morgan fingerprint density at radius 1 is 0.275 bits per heavy atom. The molecule has 12 aromatic rings. The second-order valence-electron chi connectivity index (χ2n) is 13.7. The van der Waals surface area contributed by atoms with Gasteiger partial charge in [-0.15, -0.1) is 0 Å². The van der Waals surface area contributed by atoms with Crippen LogP contribution in [0.3, 0.4) is 0 Å². The summed E-state index contributed by atoms with van der Waals surface area (Å²) in [6.07, 6.45) is 0. The Kier molecular flexibility index (Phi) is 5.23. The van der Waals surface area contributed by atoms with Gasteiger partial charge in [-0.25, -0.2) is 0 Å². The maximum absolute atomic E-state index is 2.51. The molecule has 3 nitrogen and oxygen atoms in total. The van der Waals surface area contributed by atoms with Gasteiger partial charge in [0.15, 0.2) is 0 Å². The van der Waals surface area contributed by atoms with Gasteiger partial charge in [0.2, 0.25) is 0 Å². The molecule has 4 aromatic heterocycles. The molecule has 0 aliphatic rings. The SMILES string of the molecule is c1ccc(-n2c3ccccc3c3cc(-c4ccc5c6cc7c8ccccc8n8c9ccccc9c(c6n(-c6ccccc6)c5c4)c78)ccc32)cc1. The van der Waals surface area contributed by atoms with Gasteiger partial charge < -0.3 is 13.5 Å². The first kappa shape index (κ1) is 27.0. The van der Waals surface area contributed by atoms with Crippen molar-refractivity contribution in [2.24, 2.45) is 0 Å². The van der Waals surface area contributed by atoms with Crippen LogP contribution in [-0.2, 0) is 0 Å². The fourth-order valence-electron chi connectivity index (χ4n) is 9.04. The van der Waals surface area contributed by atoms with Gasteiger partial charge in [-0.05, 0) is 77.9 Å². The van der Waals surface area contributed by atoms with Crippen molar-refractivity contribution >= 4 is 81.7 Å². The highest BCUT2D eigenvalue weighted by atomic mass is 15.0. The van der Waals surface area contributed by atoms with Crippen LogP contribution in [0.5, 0.6) is 0 Å². The van der Waals surface area contributed by atoms with Gasteiger partial charge in [0.05, 0.1) is 38.6 Å². The van der Waals surface area contributed by atoms with E-state index in [9.17, 15) is 0 Å². The summed E-state index contributed by atoms with van der Waals surface area (Å²) >= 11 is 0. The highest BCUT2D eigenvalue weighted by Gasteiger charge is 2.24. The summed E-state index contributed by atoms with van der Waals surface area (Å²) in [7, 11) is 0. The third kappa shape index (κ3) is 3.52. The number of benzene rings is 8. The summed E-state index contributed by atoms with van der Waals surface area (Å²) in [6.45, 7) is 0. The molecule has 0 fully saturated rings. The van der Waals surface area contributed by atoms with Gasteiger partial charge in [0.1, 0.15) is 0 Å². The lowest BCUT2D eigenvalue weighted by atomic mass is 10.00. The number of para-hydroxylation sites is 5. The lowest BCUT2D eigenvalue weighted by molar-refractivity contribution is 1.18. The zero-order valence-corrected chi connectivity index (χ0v) is 27.6. The predicted molar refractivity (Wildman–Crippen MR) is 215 cm³/mol. The van der Waals surface area contributed by atoms with Crippen LogP contribution in [0.2, 0.25) is 0 Å². The summed E-state index contributed by atoms with van der Waals surface area (Å²) in [5, 5.41) is 10.3. The third-order valence-electron chi connectivity index (χ3n) is 11.1. The molecule has 8 aromatic carbocycles. The van der Waals surface area contributed by atoms with Gasteiger partial charge in [0.25, 0.3) is 0 Å². The Bertz CT molecular complexity index is 3340. The fraction of sp³-hybridized carbons (Fsp3) is 0. The summed E-state index contributed by atoms with van der Waals surface area (Å²) in [5.74, 6) is 0. The zero-order valence-electron chi connectivity index (χ0n) is 27.6. The molecular weight excluding hydrogens is 619 g/mol. The van der Waals surface area contributed by atoms with Crippen LogP contribution in [0.4, 0.5) is 0 Å². The van der Waals surface area contributed by atoms with E-state index in [1.807, 2.05) is 0 Å². The van der Waals surface area contributed by atoms with Crippen LogP contribution in [0.1, 0.15) is 0 Å². The zero-order chi connectivity index (χ0) is 33.2. The van der Waals surface area contributed by atoms with E-state index in [0.717, 1.165) is 0 Å². The van der Waals surface area contributed by atoms with E-state index in [1.165, 1.54) is 104 Å². The second-order valence-corrected chi connectivity index (χ2v) is 13.7. The molecule has 0 radical (unpaired) electrons. The van der Waals surface area contributed by atoms with Crippen molar-refractivity contribution < 1.29 is 0 Å². The van der Waals surface area contributed by atoms with E-state index in [1.54, 1.807) is 0 Å². The van der Waals surface area contributed by atoms with E-state index >= 15 is 0 Å². The normalized spacial score (nSPS) is 12.3. The summed E-state index contributed by atoms with van der Waals surface area (Å²) in [4.78, 5) is 0. The van der Waals surface area contributed by atoms with E-state index in [-0.39, 0.29) is 0 Å². The minimum absolute atomic E-state index is 1.17. The van der Waals surface area contributed by atoms with Crippen molar-refractivity contribution in [3.63, 3.8) is 0 Å². The number of aromatic nitrogens is 3. The highest BCUT2D eigenvalue weighted by Crippen LogP contribution is 2.47. The molecule has 51 heavy (non-hydrogen) atoms. The molecule has 0 aliphatic heterocycles. The van der Waals surface area contributed by atoms with Crippen LogP contribution < -0.4 is 0 Å². The van der Waals surface area contributed by atoms with Crippen LogP contribution in [-0.4, -0.2) is 13.5 Å². The van der Waals surface area contributed by atoms with Gasteiger partial charge >= 0.3 is 0 Å². The molecule has 0 bridgehead atoms. The molecule has 4 heterocycles. The molecule has 0 amide bonds. The molecule has 236 valence electrons. The fourth-order valence-corrected chi connectivity index (χ4v) is 9.04. The molecule has 0 aliphatic carbocycles. The summed E-state index contributed by atoms with van der Waals surface area (Å²) in [6, 6.07) is 64.6. The number of fused-ring (bicyclic) bond motifs is 13. The number of nitrogens with zero attached hydrogens (tertiary/aromatic N) is 3. The monoisotopic (exact) mass is 647 g/mol. The molecule has 0 spiro atoms. The number of rotatable bonds is 3. The molecule has 0 N–H and O–H groups in total. The van der Waals surface area contributed by atoms with Crippen molar-refractivity contribution in [1.82, 2.24) is 13.5 Å². The van der Waals surface area contributed by atoms with Crippen LogP contribution in [0.15, 0.2) is 176 Å². The van der Waals surface area contributed by atoms with Crippen molar-refractivity contribution in [2.75, 3.05) is 0 Å². The molecular formula is C48H29N3. The molecule has 0 saturated carbocycles. The number of hydrogen-bond acceptors (Lipinski definition) is 0. The molecule has 0 atom stereocenters. The third-order valence-corrected chi connectivity index (χ3v) is 11.1. The van der Waals surface area contributed by atoms with E-state index in [0.29, 0.717) is 0 Å². The van der Waals surface area contributed by atoms with Crippen LogP contribution in [0.25, 0.3) is 104 Å². The van der Waals surface area contributed by atoms with E-state index in [2.05, 4.69) is 189 Å². The van der Waals surface area contributed by atoms with Crippen molar-refractivity contribution in [1.29, 1.82) is 0 Å².